The number of fused-ring (bicyclic) bond motifs is 5. The smallest absolute Gasteiger partial charge is 0.0869 e. The molecule has 1 aromatic carbocycles. The molecule has 0 saturated carbocycles. The lowest BCUT2D eigenvalue weighted by Crippen LogP contribution is -2.69. The summed E-state index contributed by atoms with van der Waals surface area (Å²) in [5.41, 5.74) is 8.60. The minimum atomic E-state index is 0.131. The first kappa shape index (κ1) is 26.6. The molecule has 1 aromatic rings. The summed E-state index contributed by atoms with van der Waals surface area (Å²) in [5, 5.41) is 11.8. The van der Waals surface area contributed by atoms with Crippen LogP contribution in [0.1, 0.15) is 68.4 Å². The lowest BCUT2D eigenvalue weighted by molar-refractivity contribution is -0.0127. The van der Waals surface area contributed by atoms with Gasteiger partial charge in [-0.15, -0.1) is 0 Å². The molecule has 0 radical (unpaired) electrons. The summed E-state index contributed by atoms with van der Waals surface area (Å²) in [6, 6.07) is 9.03. The molecule has 7 aliphatic rings. The highest BCUT2D eigenvalue weighted by atomic mass is 16.5. The molecule has 0 spiro atoms. The van der Waals surface area contributed by atoms with Gasteiger partial charge in [-0.25, -0.2) is 0 Å². The quantitative estimate of drug-likeness (QED) is 0.346. The first-order valence-corrected chi connectivity index (χ1v) is 16.3. The Labute approximate surface area is 250 Å². The summed E-state index contributed by atoms with van der Waals surface area (Å²) in [6.07, 6.45) is 38.1. The van der Waals surface area contributed by atoms with Crippen molar-refractivity contribution in [1.29, 1.82) is 0 Å². The van der Waals surface area contributed by atoms with E-state index in [0.29, 0.717) is 11.8 Å². The van der Waals surface area contributed by atoms with Crippen LogP contribution in [0.25, 0.3) is 5.57 Å². The van der Waals surface area contributed by atoms with E-state index in [0.717, 1.165) is 32.1 Å². The number of ether oxygens (including phenoxy) is 1. The average Bonchev–Trinajstić information content (AvgIpc) is 3.56. The van der Waals surface area contributed by atoms with Crippen molar-refractivity contribution >= 4 is 5.57 Å². The SMILES string of the molecule is C1=CCCC(C2NC(C3=CCCC3)NC(C3C=CC(C4C=CCC5c6ccccc6C6=CC=CCC6OC45)=CC3)N2)=C1. The summed E-state index contributed by atoms with van der Waals surface area (Å²) in [7, 11) is 0. The normalized spacial score (nSPS) is 37.0. The first-order valence-electron chi connectivity index (χ1n) is 16.3. The van der Waals surface area contributed by atoms with E-state index in [1.807, 2.05) is 0 Å². The molecule has 5 aliphatic carbocycles. The summed E-state index contributed by atoms with van der Waals surface area (Å²) in [4.78, 5) is 0. The molecule has 0 bridgehead atoms. The third-order valence-corrected chi connectivity index (χ3v) is 10.4. The highest BCUT2D eigenvalue weighted by Gasteiger charge is 2.41. The zero-order valence-electron chi connectivity index (χ0n) is 24.4. The highest BCUT2D eigenvalue weighted by Crippen LogP contribution is 2.47. The van der Waals surface area contributed by atoms with E-state index in [1.54, 1.807) is 0 Å². The van der Waals surface area contributed by atoms with E-state index in [1.165, 1.54) is 52.7 Å². The van der Waals surface area contributed by atoms with Crippen molar-refractivity contribution in [1.82, 2.24) is 16.0 Å². The van der Waals surface area contributed by atoms with E-state index in [-0.39, 0.29) is 36.6 Å². The number of benzene rings is 1. The summed E-state index contributed by atoms with van der Waals surface area (Å²) >= 11 is 0. The molecule has 2 heterocycles. The molecule has 8 atom stereocenters. The topological polar surface area (TPSA) is 45.3 Å². The molecule has 3 N–H and O–H groups in total. The molecular weight excluding hydrogens is 514 g/mol. The van der Waals surface area contributed by atoms with Gasteiger partial charge in [-0.05, 0) is 84.8 Å². The van der Waals surface area contributed by atoms with Crippen molar-refractivity contribution in [3.63, 3.8) is 0 Å². The highest BCUT2D eigenvalue weighted by molar-refractivity contribution is 5.75. The molecule has 42 heavy (non-hydrogen) atoms. The molecule has 1 saturated heterocycles. The van der Waals surface area contributed by atoms with E-state index >= 15 is 0 Å². The maximum Gasteiger partial charge on any atom is 0.0869 e. The van der Waals surface area contributed by atoms with Crippen molar-refractivity contribution in [3.05, 3.63) is 125 Å². The fourth-order valence-electron chi connectivity index (χ4n) is 8.24. The Morgan fingerprint density at radius 1 is 0.762 bits per heavy atom. The predicted molar refractivity (Wildman–Crippen MR) is 171 cm³/mol. The van der Waals surface area contributed by atoms with Gasteiger partial charge >= 0.3 is 0 Å². The van der Waals surface area contributed by atoms with Crippen LogP contribution in [0.3, 0.4) is 0 Å². The molecule has 216 valence electrons. The van der Waals surface area contributed by atoms with E-state index in [2.05, 4.69) is 113 Å². The van der Waals surface area contributed by atoms with Crippen LogP contribution in [0.15, 0.2) is 114 Å². The molecule has 4 nitrogen and oxygen atoms in total. The number of hydrogen-bond donors (Lipinski definition) is 3. The number of nitrogens with one attached hydrogen (secondary N) is 3. The van der Waals surface area contributed by atoms with Crippen LogP contribution in [0.4, 0.5) is 0 Å². The van der Waals surface area contributed by atoms with Crippen molar-refractivity contribution in [2.24, 2.45) is 11.8 Å². The lowest BCUT2D eigenvalue weighted by Gasteiger charge is -2.44. The minimum Gasteiger partial charge on any atom is -0.368 e. The van der Waals surface area contributed by atoms with Gasteiger partial charge in [0.15, 0.2) is 0 Å². The second-order valence-electron chi connectivity index (χ2n) is 12.9. The summed E-state index contributed by atoms with van der Waals surface area (Å²) < 4.78 is 7.07. The Morgan fingerprint density at radius 2 is 1.67 bits per heavy atom. The molecule has 8 rings (SSSR count). The largest absolute Gasteiger partial charge is 0.368 e. The number of allylic oxidation sites excluding steroid dienone is 9. The number of rotatable bonds is 4. The Balaban J connectivity index is 1.03. The van der Waals surface area contributed by atoms with Crippen molar-refractivity contribution in [2.75, 3.05) is 0 Å². The lowest BCUT2D eigenvalue weighted by atomic mass is 9.74. The molecule has 8 unspecified atom stereocenters. The third kappa shape index (κ3) is 4.99. The Hall–Kier alpha value is -3.02. The van der Waals surface area contributed by atoms with Crippen LogP contribution in [-0.2, 0) is 4.74 Å². The summed E-state index contributed by atoms with van der Waals surface area (Å²) in [5.74, 6) is 1.05. The molecular formula is C38H43N3O. The van der Waals surface area contributed by atoms with Gasteiger partial charge in [0, 0.05) is 17.8 Å². The standard InChI is InChI=1S/C38H43N3O/c1-2-11-26(12-3-1)36-39-37(27-13-4-5-14-27)41-38(40-36)28-23-21-25(22-24-28)29-18-10-19-33-31-16-7-6-15-30(31)32-17-8-9-20-34(32)42-35(29)33/h1-2,6-11,13,15-18,21-23,28-29,33-41H,3-5,12,14,19-20,24H2. The van der Waals surface area contributed by atoms with Gasteiger partial charge in [-0.2, -0.15) is 0 Å². The van der Waals surface area contributed by atoms with Crippen molar-refractivity contribution < 1.29 is 4.74 Å². The molecule has 0 aromatic heterocycles. The maximum atomic E-state index is 7.07. The molecule has 1 fully saturated rings. The van der Waals surface area contributed by atoms with Gasteiger partial charge in [-0.1, -0.05) is 97.2 Å². The van der Waals surface area contributed by atoms with Gasteiger partial charge in [0.1, 0.15) is 0 Å². The molecule has 2 aliphatic heterocycles. The van der Waals surface area contributed by atoms with Gasteiger partial charge in [0.2, 0.25) is 0 Å². The fourth-order valence-corrected chi connectivity index (χ4v) is 8.24. The van der Waals surface area contributed by atoms with Crippen molar-refractivity contribution in [2.45, 2.75) is 88.0 Å². The van der Waals surface area contributed by atoms with Gasteiger partial charge in [0.05, 0.1) is 30.7 Å². The van der Waals surface area contributed by atoms with Crippen LogP contribution < -0.4 is 16.0 Å². The number of hydrogen-bond acceptors (Lipinski definition) is 4. The Kier molecular flexibility index (Phi) is 7.33. The Bertz CT molecular complexity index is 1450. The minimum absolute atomic E-state index is 0.131. The van der Waals surface area contributed by atoms with Crippen LogP contribution in [0.5, 0.6) is 0 Å². The molecule has 4 heteroatoms. The average molecular weight is 558 g/mol. The van der Waals surface area contributed by atoms with Crippen molar-refractivity contribution in [3.8, 4) is 0 Å². The van der Waals surface area contributed by atoms with E-state index in [9.17, 15) is 0 Å². The van der Waals surface area contributed by atoms with Crippen LogP contribution >= 0.6 is 0 Å². The first-order chi connectivity index (χ1) is 20.8. The van der Waals surface area contributed by atoms with Gasteiger partial charge in [0.25, 0.3) is 0 Å². The van der Waals surface area contributed by atoms with E-state index < -0.39 is 0 Å². The van der Waals surface area contributed by atoms with Crippen LogP contribution in [0.2, 0.25) is 0 Å². The van der Waals surface area contributed by atoms with Gasteiger partial charge < -0.3 is 4.74 Å². The zero-order chi connectivity index (χ0) is 27.9. The maximum absolute atomic E-state index is 7.07. The van der Waals surface area contributed by atoms with Crippen LogP contribution in [-0.4, -0.2) is 30.7 Å². The monoisotopic (exact) mass is 557 g/mol. The summed E-state index contributed by atoms with van der Waals surface area (Å²) in [6.45, 7) is 0. The van der Waals surface area contributed by atoms with E-state index in [4.69, 9.17) is 4.74 Å². The second kappa shape index (κ2) is 11.6. The third-order valence-electron chi connectivity index (χ3n) is 10.4. The zero-order valence-corrected chi connectivity index (χ0v) is 24.4. The second-order valence-corrected chi connectivity index (χ2v) is 12.9. The van der Waals surface area contributed by atoms with Crippen LogP contribution in [0, 0.1) is 11.8 Å². The predicted octanol–water partition coefficient (Wildman–Crippen LogP) is 7.11. The van der Waals surface area contributed by atoms with Gasteiger partial charge in [-0.3, -0.25) is 16.0 Å². The fraction of sp³-hybridized carbons (Fsp3) is 0.421. The Morgan fingerprint density at radius 3 is 2.50 bits per heavy atom. The molecule has 0 amide bonds.